The number of benzene rings is 1. The van der Waals surface area contributed by atoms with E-state index in [-0.39, 0.29) is 31.2 Å². The molecule has 0 saturated carbocycles. The third kappa shape index (κ3) is 5.21. The summed E-state index contributed by atoms with van der Waals surface area (Å²) in [5, 5.41) is 28.3. The van der Waals surface area contributed by atoms with Gasteiger partial charge in [0.2, 0.25) is 0 Å². The Balaban J connectivity index is 2.64. The van der Waals surface area contributed by atoms with Gasteiger partial charge in [-0.25, -0.2) is 0 Å². The monoisotopic (exact) mass is 282 g/mol. The molecule has 0 aliphatic carbocycles. The van der Waals surface area contributed by atoms with E-state index in [2.05, 4.69) is 0 Å². The van der Waals surface area contributed by atoms with E-state index in [9.17, 15) is 10.2 Å². The van der Waals surface area contributed by atoms with E-state index in [4.69, 9.17) is 9.84 Å². The second-order valence-corrected chi connectivity index (χ2v) is 5.36. The van der Waals surface area contributed by atoms with Crippen molar-refractivity contribution in [3.63, 3.8) is 0 Å². The van der Waals surface area contributed by atoms with Crippen LogP contribution in [0.15, 0.2) is 30.3 Å². The summed E-state index contributed by atoms with van der Waals surface area (Å²) in [6.45, 7) is 4.20. The molecule has 0 aliphatic rings. The van der Waals surface area contributed by atoms with Crippen molar-refractivity contribution in [1.82, 2.24) is 0 Å². The minimum absolute atomic E-state index is 0.00956. The summed E-state index contributed by atoms with van der Waals surface area (Å²) in [5.74, 6) is -0.213. The second kappa shape index (κ2) is 9.08. The van der Waals surface area contributed by atoms with Gasteiger partial charge in [-0.3, -0.25) is 0 Å². The zero-order valence-corrected chi connectivity index (χ0v) is 12.3. The molecule has 1 aromatic carbocycles. The SMILES string of the molecule is C[C@@H]([C@@H](OCc1ccccc1)[C@@H](C)CO)[C@H](O)CCO. The maximum absolute atomic E-state index is 10.0. The summed E-state index contributed by atoms with van der Waals surface area (Å²) in [6.07, 6.45) is -0.554. The van der Waals surface area contributed by atoms with Crippen LogP contribution < -0.4 is 0 Å². The van der Waals surface area contributed by atoms with Crippen LogP contribution in [-0.4, -0.2) is 40.7 Å². The van der Waals surface area contributed by atoms with Crippen molar-refractivity contribution in [3.05, 3.63) is 35.9 Å². The predicted molar refractivity (Wildman–Crippen MR) is 78.1 cm³/mol. The summed E-state index contributed by atoms with van der Waals surface area (Å²) >= 11 is 0. The lowest BCUT2D eigenvalue weighted by atomic mass is 9.88. The summed E-state index contributed by atoms with van der Waals surface area (Å²) in [6, 6.07) is 9.82. The highest BCUT2D eigenvalue weighted by Gasteiger charge is 2.29. The molecule has 0 unspecified atom stereocenters. The van der Waals surface area contributed by atoms with Crippen molar-refractivity contribution in [2.75, 3.05) is 13.2 Å². The fraction of sp³-hybridized carbons (Fsp3) is 0.625. The third-order valence-corrected chi connectivity index (χ3v) is 3.68. The fourth-order valence-corrected chi connectivity index (χ4v) is 2.32. The van der Waals surface area contributed by atoms with Crippen molar-refractivity contribution >= 4 is 0 Å². The highest BCUT2D eigenvalue weighted by molar-refractivity contribution is 5.13. The molecular weight excluding hydrogens is 256 g/mol. The number of aliphatic hydroxyl groups excluding tert-OH is 3. The molecule has 0 saturated heterocycles. The quantitative estimate of drug-likeness (QED) is 0.643. The van der Waals surface area contributed by atoms with Gasteiger partial charge in [-0.15, -0.1) is 0 Å². The molecule has 1 aromatic rings. The van der Waals surface area contributed by atoms with Crippen LogP contribution in [0.4, 0.5) is 0 Å². The van der Waals surface area contributed by atoms with Gasteiger partial charge in [0.15, 0.2) is 0 Å². The highest BCUT2D eigenvalue weighted by Crippen LogP contribution is 2.23. The van der Waals surface area contributed by atoms with Gasteiger partial charge in [0.1, 0.15) is 0 Å². The van der Waals surface area contributed by atoms with Crippen LogP contribution in [-0.2, 0) is 11.3 Å². The third-order valence-electron chi connectivity index (χ3n) is 3.68. The molecule has 0 heterocycles. The molecule has 0 spiro atoms. The summed E-state index contributed by atoms with van der Waals surface area (Å²) in [7, 11) is 0. The van der Waals surface area contributed by atoms with Crippen molar-refractivity contribution in [2.24, 2.45) is 11.8 Å². The van der Waals surface area contributed by atoms with Gasteiger partial charge in [0.05, 0.1) is 18.8 Å². The lowest BCUT2D eigenvalue weighted by Gasteiger charge is -2.31. The van der Waals surface area contributed by atoms with Crippen LogP contribution in [0, 0.1) is 11.8 Å². The smallest absolute Gasteiger partial charge is 0.0720 e. The van der Waals surface area contributed by atoms with Gasteiger partial charge in [-0.1, -0.05) is 44.2 Å². The molecule has 20 heavy (non-hydrogen) atoms. The number of hydrogen-bond acceptors (Lipinski definition) is 4. The molecule has 4 heteroatoms. The molecule has 4 atom stereocenters. The van der Waals surface area contributed by atoms with E-state index >= 15 is 0 Å². The number of aliphatic hydroxyl groups is 3. The van der Waals surface area contributed by atoms with Crippen molar-refractivity contribution in [3.8, 4) is 0 Å². The van der Waals surface area contributed by atoms with E-state index in [0.29, 0.717) is 13.0 Å². The Morgan fingerprint density at radius 1 is 1.10 bits per heavy atom. The summed E-state index contributed by atoms with van der Waals surface area (Å²) in [5.41, 5.74) is 1.06. The number of ether oxygens (including phenoxy) is 1. The van der Waals surface area contributed by atoms with Gasteiger partial charge >= 0.3 is 0 Å². The molecule has 0 aliphatic heterocycles. The van der Waals surface area contributed by atoms with Crippen LogP contribution in [0.3, 0.4) is 0 Å². The summed E-state index contributed by atoms with van der Waals surface area (Å²) < 4.78 is 5.91. The van der Waals surface area contributed by atoms with Crippen molar-refractivity contribution in [2.45, 2.75) is 39.1 Å². The first-order chi connectivity index (χ1) is 9.60. The Morgan fingerprint density at radius 3 is 2.30 bits per heavy atom. The zero-order chi connectivity index (χ0) is 15.0. The first kappa shape index (κ1) is 17.1. The minimum Gasteiger partial charge on any atom is -0.396 e. The van der Waals surface area contributed by atoms with E-state index < -0.39 is 6.10 Å². The van der Waals surface area contributed by atoms with Gasteiger partial charge in [0, 0.05) is 25.0 Å². The van der Waals surface area contributed by atoms with Crippen LogP contribution in [0.1, 0.15) is 25.8 Å². The molecule has 0 aromatic heterocycles. The van der Waals surface area contributed by atoms with E-state index in [1.165, 1.54) is 0 Å². The van der Waals surface area contributed by atoms with E-state index in [1.54, 1.807) is 0 Å². The standard InChI is InChI=1S/C16H26O4/c1-12(10-18)16(13(2)15(19)8-9-17)20-11-14-6-4-3-5-7-14/h3-7,12-13,15-19H,8-11H2,1-2H3/t12-,13+,15+,16-/m0/s1. The average molecular weight is 282 g/mol. The van der Waals surface area contributed by atoms with Gasteiger partial charge in [-0.2, -0.15) is 0 Å². The van der Waals surface area contributed by atoms with Crippen LogP contribution in [0.25, 0.3) is 0 Å². The Bertz CT molecular complexity index is 355. The number of rotatable bonds is 9. The largest absolute Gasteiger partial charge is 0.396 e. The molecule has 0 fully saturated rings. The Morgan fingerprint density at radius 2 is 1.75 bits per heavy atom. The average Bonchev–Trinajstić information content (AvgIpc) is 2.48. The topological polar surface area (TPSA) is 69.9 Å². The lowest BCUT2D eigenvalue weighted by Crippen LogP contribution is -2.38. The Hall–Kier alpha value is -0.940. The van der Waals surface area contributed by atoms with E-state index in [1.807, 2.05) is 44.2 Å². The van der Waals surface area contributed by atoms with Crippen molar-refractivity contribution in [1.29, 1.82) is 0 Å². The lowest BCUT2D eigenvalue weighted by molar-refractivity contribution is -0.0777. The van der Waals surface area contributed by atoms with Gasteiger partial charge in [-0.05, 0) is 12.0 Å². The molecule has 0 radical (unpaired) electrons. The second-order valence-electron chi connectivity index (χ2n) is 5.36. The predicted octanol–water partition coefficient (Wildman–Crippen LogP) is 1.58. The van der Waals surface area contributed by atoms with Crippen LogP contribution >= 0.6 is 0 Å². The van der Waals surface area contributed by atoms with Gasteiger partial charge in [0.25, 0.3) is 0 Å². The maximum atomic E-state index is 10.0. The maximum Gasteiger partial charge on any atom is 0.0720 e. The molecule has 0 amide bonds. The zero-order valence-electron chi connectivity index (χ0n) is 12.3. The molecule has 4 nitrogen and oxygen atoms in total. The Labute approximate surface area is 121 Å². The van der Waals surface area contributed by atoms with Crippen molar-refractivity contribution < 1.29 is 20.1 Å². The van der Waals surface area contributed by atoms with E-state index in [0.717, 1.165) is 5.56 Å². The molecule has 0 bridgehead atoms. The normalized spacial score (nSPS) is 17.4. The Kier molecular flexibility index (Phi) is 7.77. The first-order valence-electron chi connectivity index (χ1n) is 7.15. The fourth-order valence-electron chi connectivity index (χ4n) is 2.32. The highest BCUT2D eigenvalue weighted by atomic mass is 16.5. The number of hydrogen-bond donors (Lipinski definition) is 3. The molecule has 114 valence electrons. The van der Waals surface area contributed by atoms with Crippen LogP contribution in [0.2, 0.25) is 0 Å². The van der Waals surface area contributed by atoms with Gasteiger partial charge < -0.3 is 20.1 Å². The molecular formula is C16H26O4. The first-order valence-corrected chi connectivity index (χ1v) is 7.15. The summed E-state index contributed by atoms with van der Waals surface area (Å²) in [4.78, 5) is 0. The molecule has 1 rings (SSSR count). The van der Waals surface area contributed by atoms with Crippen LogP contribution in [0.5, 0.6) is 0 Å². The molecule has 3 N–H and O–H groups in total. The minimum atomic E-state index is -0.630.